The zero-order valence-corrected chi connectivity index (χ0v) is 14.0. The van der Waals surface area contributed by atoms with E-state index in [2.05, 4.69) is 10.3 Å². The van der Waals surface area contributed by atoms with Crippen LogP contribution in [0.1, 0.15) is 15.9 Å². The summed E-state index contributed by atoms with van der Waals surface area (Å²) in [6.07, 6.45) is -0.471. The molecule has 2 heterocycles. The van der Waals surface area contributed by atoms with Crippen LogP contribution in [0.5, 0.6) is 0 Å². The third-order valence-corrected chi connectivity index (χ3v) is 4.78. The number of ether oxygens (including phenoxy) is 1. The Morgan fingerprint density at radius 1 is 1.12 bits per heavy atom. The molecular weight excluding hydrogens is 336 g/mol. The summed E-state index contributed by atoms with van der Waals surface area (Å²) >= 11 is 1.34. The van der Waals surface area contributed by atoms with E-state index in [0.717, 1.165) is 11.1 Å². The molecule has 0 spiro atoms. The second kappa shape index (κ2) is 6.49. The molecule has 2 aromatic carbocycles. The van der Waals surface area contributed by atoms with Crippen LogP contribution in [0.3, 0.4) is 0 Å². The van der Waals surface area contributed by atoms with Crippen LogP contribution in [-0.2, 0) is 16.0 Å². The van der Waals surface area contributed by atoms with Crippen LogP contribution in [0.4, 0.5) is 5.00 Å². The molecular formula is C19H14N2O3S. The van der Waals surface area contributed by atoms with Gasteiger partial charge in [0, 0.05) is 12.0 Å². The first-order valence-corrected chi connectivity index (χ1v) is 8.69. The summed E-state index contributed by atoms with van der Waals surface area (Å²) in [7, 11) is 0. The molecule has 5 nitrogen and oxygen atoms in total. The average Bonchev–Trinajstić information content (AvgIpc) is 3.10. The molecule has 6 heteroatoms. The number of nitrogens with zero attached hydrogens (tertiary/aromatic N) is 1. The smallest absolute Gasteiger partial charge is 0.339 e. The van der Waals surface area contributed by atoms with E-state index >= 15 is 0 Å². The molecule has 0 fully saturated rings. The summed E-state index contributed by atoms with van der Waals surface area (Å²) in [4.78, 5) is 29.0. The van der Waals surface area contributed by atoms with Gasteiger partial charge in [-0.05, 0) is 11.6 Å². The maximum atomic E-state index is 12.6. The van der Waals surface area contributed by atoms with Crippen molar-refractivity contribution in [1.82, 2.24) is 4.98 Å². The average molecular weight is 350 g/mol. The van der Waals surface area contributed by atoms with Crippen LogP contribution in [0, 0.1) is 0 Å². The lowest BCUT2D eigenvalue weighted by atomic mass is 9.98. The molecule has 1 aliphatic heterocycles. The highest BCUT2D eigenvalue weighted by atomic mass is 32.1. The lowest BCUT2D eigenvalue weighted by Crippen LogP contribution is -2.37. The minimum absolute atomic E-state index is 0.343. The van der Waals surface area contributed by atoms with Crippen molar-refractivity contribution in [1.29, 1.82) is 0 Å². The molecule has 1 aliphatic rings. The summed E-state index contributed by atoms with van der Waals surface area (Å²) in [5, 5.41) is 3.49. The van der Waals surface area contributed by atoms with Gasteiger partial charge in [-0.25, -0.2) is 9.78 Å². The first-order valence-electron chi connectivity index (χ1n) is 7.81. The van der Waals surface area contributed by atoms with Crippen molar-refractivity contribution in [2.24, 2.45) is 0 Å². The van der Waals surface area contributed by atoms with Gasteiger partial charge in [0.15, 0.2) is 6.10 Å². The second-order valence-corrected chi connectivity index (χ2v) is 6.50. The quantitative estimate of drug-likeness (QED) is 0.734. The third kappa shape index (κ3) is 3.04. The number of carbonyl (C=O) groups excluding carboxylic acids is 2. The van der Waals surface area contributed by atoms with E-state index in [4.69, 9.17) is 4.74 Å². The Morgan fingerprint density at radius 3 is 2.72 bits per heavy atom. The fraction of sp³-hybridized carbons (Fsp3) is 0.105. The number of benzene rings is 2. The van der Waals surface area contributed by atoms with Gasteiger partial charge in [0.25, 0.3) is 5.91 Å². The largest absolute Gasteiger partial charge is 0.448 e. The highest BCUT2D eigenvalue weighted by Crippen LogP contribution is 2.31. The minimum Gasteiger partial charge on any atom is -0.448 e. The molecule has 0 saturated heterocycles. The number of hydrogen-bond donors (Lipinski definition) is 1. The van der Waals surface area contributed by atoms with Crippen LogP contribution in [0.2, 0.25) is 0 Å². The monoisotopic (exact) mass is 350 g/mol. The zero-order chi connectivity index (χ0) is 17.2. The molecule has 1 N–H and O–H groups in total. The molecule has 124 valence electrons. The lowest BCUT2D eigenvalue weighted by Gasteiger charge is -2.23. The summed E-state index contributed by atoms with van der Waals surface area (Å²) in [6, 6.07) is 16.8. The zero-order valence-electron chi connectivity index (χ0n) is 13.1. The Labute approximate surface area is 148 Å². The number of amides is 1. The number of aromatic nitrogens is 1. The number of nitrogens with one attached hydrogen (secondary N) is 1. The Hall–Kier alpha value is -2.99. The van der Waals surface area contributed by atoms with Gasteiger partial charge in [0.05, 0.1) is 11.1 Å². The molecule has 1 aromatic heterocycles. The van der Waals surface area contributed by atoms with E-state index in [1.165, 1.54) is 11.3 Å². The normalized spacial score (nSPS) is 16.0. The predicted molar refractivity (Wildman–Crippen MR) is 95.5 cm³/mol. The topological polar surface area (TPSA) is 68.3 Å². The Kier molecular flexibility index (Phi) is 4.03. The van der Waals surface area contributed by atoms with E-state index in [0.29, 0.717) is 22.7 Å². The Morgan fingerprint density at radius 2 is 1.88 bits per heavy atom. The van der Waals surface area contributed by atoms with Crippen LogP contribution in [0.25, 0.3) is 11.3 Å². The van der Waals surface area contributed by atoms with Crippen LogP contribution >= 0.6 is 11.3 Å². The summed E-state index contributed by atoms with van der Waals surface area (Å²) in [5.41, 5.74) is 4.66. The first-order chi connectivity index (χ1) is 12.2. The molecule has 1 atom stereocenters. The van der Waals surface area contributed by atoms with E-state index < -0.39 is 12.1 Å². The summed E-state index contributed by atoms with van der Waals surface area (Å²) < 4.78 is 5.30. The van der Waals surface area contributed by atoms with Gasteiger partial charge in [-0.1, -0.05) is 48.5 Å². The molecule has 0 bridgehead atoms. The van der Waals surface area contributed by atoms with E-state index in [9.17, 15) is 9.59 Å². The van der Waals surface area contributed by atoms with Crippen molar-refractivity contribution in [2.75, 3.05) is 5.32 Å². The van der Waals surface area contributed by atoms with Crippen molar-refractivity contribution in [2.45, 2.75) is 12.5 Å². The van der Waals surface area contributed by atoms with E-state index in [1.54, 1.807) is 17.6 Å². The lowest BCUT2D eigenvalue weighted by molar-refractivity contribution is -0.125. The van der Waals surface area contributed by atoms with Gasteiger partial charge in [-0.2, -0.15) is 0 Å². The van der Waals surface area contributed by atoms with Crippen molar-refractivity contribution < 1.29 is 14.3 Å². The molecule has 0 radical (unpaired) electrons. The minimum atomic E-state index is -0.840. The number of esters is 1. The fourth-order valence-electron chi connectivity index (χ4n) is 2.81. The standard InChI is InChI=1S/C19H14N2O3S/c22-17(15-10-13-8-4-5-9-14(13)19(23)24-15)21-18-16(20-11-25-18)12-6-2-1-3-7-12/h1-9,11,15H,10H2,(H,21,22)/t15-/m1/s1. The van der Waals surface area contributed by atoms with Crippen molar-refractivity contribution >= 4 is 28.2 Å². The number of cyclic esters (lactones) is 1. The maximum Gasteiger partial charge on any atom is 0.339 e. The Bertz CT molecular complexity index is 937. The molecule has 1 amide bonds. The molecule has 0 aliphatic carbocycles. The van der Waals surface area contributed by atoms with Crippen molar-refractivity contribution in [3.8, 4) is 11.3 Å². The van der Waals surface area contributed by atoms with Gasteiger partial charge in [0.1, 0.15) is 10.7 Å². The van der Waals surface area contributed by atoms with Gasteiger partial charge in [0.2, 0.25) is 0 Å². The van der Waals surface area contributed by atoms with E-state index in [-0.39, 0.29) is 5.91 Å². The highest BCUT2D eigenvalue weighted by molar-refractivity contribution is 7.14. The molecule has 0 saturated carbocycles. The SMILES string of the molecule is O=C1O[C@@H](C(=O)Nc2scnc2-c2ccccc2)Cc2ccccc21. The molecule has 0 unspecified atom stereocenters. The third-order valence-electron chi connectivity index (χ3n) is 4.04. The van der Waals surface area contributed by atoms with E-state index in [1.807, 2.05) is 42.5 Å². The summed E-state index contributed by atoms with van der Waals surface area (Å²) in [6.45, 7) is 0. The van der Waals surface area contributed by atoms with Crippen molar-refractivity contribution in [3.63, 3.8) is 0 Å². The van der Waals surface area contributed by atoms with Crippen LogP contribution in [0.15, 0.2) is 60.1 Å². The van der Waals surface area contributed by atoms with Gasteiger partial charge >= 0.3 is 5.97 Å². The van der Waals surface area contributed by atoms with Crippen LogP contribution in [-0.4, -0.2) is 23.0 Å². The highest BCUT2D eigenvalue weighted by Gasteiger charge is 2.31. The second-order valence-electron chi connectivity index (χ2n) is 5.64. The number of rotatable bonds is 3. The Balaban J connectivity index is 1.55. The first kappa shape index (κ1) is 15.5. The maximum absolute atomic E-state index is 12.6. The number of hydrogen-bond acceptors (Lipinski definition) is 5. The van der Waals surface area contributed by atoms with Gasteiger partial charge in [-0.3, -0.25) is 4.79 Å². The fourth-order valence-corrected chi connectivity index (χ4v) is 3.51. The number of carbonyl (C=O) groups is 2. The molecule has 25 heavy (non-hydrogen) atoms. The van der Waals surface area contributed by atoms with Gasteiger partial charge < -0.3 is 10.1 Å². The number of anilines is 1. The number of fused-ring (bicyclic) bond motifs is 1. The van der Waals surface area contributed by atoms with Gasteiger partial charge in [-0.15, -0.1) is 11.3 Å². The number of thiazole rings is 1. The predicted octanol–water partition coefficient (Wildman–Crippen LogP) is 3.53. The molecule has 3 aromatic rings. The molecule has 4 rings (SSSR count). The summed E-state index contributed by atoms with van der Waals surface area (Å²) in [5.74, 6) is -0.807. The van der Waals surface area contributed by atoms with Crippen LogP contribution < -0.4 is 5.32 Å². The van der Waals surface area contributed by atoms with Crippen molar-refractivity contribution in [3.05, 3.63) is 71.2 Å².